The maximum atomic E-state index is 13.5. The number of halogens is 4. The first-order chi connectivity index (χ1) is 12.8. The van der Waals surface area contributed by atoms with Gasteiger partial charge in [0.2, 0.25) is 5.91 Å². The van der Waals surface area contributed by atoms with Crippen molar-refractivity contribution in [2.45, 2.75) is 44.8 Å². The number of hydrogen-bond acceptors (Lipinski definition) is 2. The van der Waals surface area contributed by atoms with Gasteiger partial charge >= 0.3 is 6.18 Å². The van der Waals surface area contributed by atoms with Crippen LogP contribution in [0.5, 0.6) is 0 Å². The Morgan fingerprint density at radius 3 is 2.63 bits per heavy atom. The Balaban J connectivity index is 1.44. The number of piperidine rings is 1. The van der Waals surface area contributed by atoms with E-state index < -0.39 is 17.6 Å². The lowest BCUT2D eigenvalue weighted by Crippen LogP contribution is -2.50. The molecule has 2 saturated heterocycles. The van der Waals surface area contributed by atoms with Crippen molar-refractivity contribution < 1.29 is 22.4 Å². The highest BCUT2D eigenvalue weighted by atomic mass is 19.4. The molecule has 1 atom stereocenters. The molecule has 1 spiro atoms. The topological polar surface area (TPSA) is 23.6 Å². The first-order valence-electron chi connectivity index (χ1n) is 9.64. The Morgan fingerprint density at radius 1 is 1.15 bits per heavy atom. The molecule has 3 aliphatic rings. The van der Waals surface area contributed by atoms with Crippen LogP contribution in [-0.4, -0.2) is 41.9 Å². The Kier molecular flexibility index (Phi) is 4.69. The Labute approximate surface area is 156 Å². The minimum Gasteiger partial charge on any atom is -0.342 e. The van der Waals surface area contributed by atoms with E-state index in [1.807, 2.05) is 9.80 Å². The lowest BCUT2D eigenvalue weighted by molar-refractivity contribution is -0.146. The molecule has 7 heteroatoms. The molecule has 1 aromatic rings. The number of rotatable bonds is 4. The molecular formula is C20H24F4N2O. The first-order valence-corrected chi connectivity index (χ1v) is 9.64. The third kappa shape index (κ3) is 3.84. The van der Waals surface area contributed by atoms with Gasteiger partial charge in [-0.2, -0.15) is 13.2 Å². The maximum absolute atomic E-state index is 13.5. The van der Waals surface area contributed by atoms with Crippen molar-refractivity contribution in [1.29, 1.82) is 0 Å². The van der Waals surface area contributed by atoms with Gasteiger partial charge < -0.3 is 4.90 Å². The summed E-state index contributed by atoms with van der Waals surface area (Å²) < 4.78 is 52.3. The van der Waals surface area contributed by atoms with Crippen LogP contribution in [0.3, 0.4) is 0 Å². The number of benzene rings is 1. The molecule has 3 fully saturated rings. The van der Waals surface area contributed by atoms with Crippen molar-refractivity contribution in [2.24, 2.45) is 11.3 Å². The molecular weight excluding hydrogens is 360 g/mol. The van der Waals surface area contributed by atoms with Crippen molar-refractivity contribution >= 4 is 5.91 Å². The number of carbonyl (C=O) groups is 1. The summed E-state index contributed by atoms with van der Waals surface area (Å²) in [4.78, 5) is 17.1. The molecule has 1 saturated carbocycles. The van der Waals surface area contributed by atoms with Gasteiger partial charge in [-0.15, -0.1) is 0 Å². The van der Waals surface area contributed by atoms with Crippen molar-refractivity contribution in [2.75, 3.05) is 26.2 Å². The zero-order chi connectivity index (χ0) is 19.2. The fraction of sp³-hybridized carbons (Fsp3) is 0.650. The molecule has 0 aromatic heterocycles. The fourth-order valence-electron chi connectivity index (χ4n) is 4.56. The van der Waals surface area contributed by atoms with E-state index in [0.29, 0.717) is 31.1 Å². The summed E-state index contributed by atoms with van der Waals surface area (Å²) in [5, 5.41) is 0. The number of hydrogen-bond donors (Lipinski definition) is 0. The molecule has 2 heterocycles. The second-order valence-electron chi connectivity index (χ2n) is 8.35. The predicted octanol–water partition coefficient (Wildman–Crippen LogP) is 4.07. The monoisotopic (exact) mass is 384 g/mol. The maximum Gasteiger partial charge on any atom is 0.419 e. The average molecular weight is 384 g/mol. The van der Waals surface area contributed by atoms with Crippen molar-refractivity contribution in [3.05, 3.63) is 35.1 Å². The normalized spacial score (nSPS) is 27.0. The lowest BCUT2D eigenvalue weighted by Gasteiger charge is -2.39. The van der Waals surface area contributed by atoms with Gasteiger partial charge in [0.15, 0.2) is 0 Å². The molecule has 4 rings (SSSR count). The number of nitrogens with zero attached hydrogens (tertiary/aromatic N) is 2. The van der Waals surface area contributed by atoms with E-state index in [1.165, 1.54) is 18.9 Å². The molecule has 0 unspecified atom stereocenters. The highest BCUT2D eigenvalue weighted by molar-refractivity contribution is 5.84. The minimum absolute atomic E-state index is 0.221. The Bertz CT molecular complexity index is 731. The standard InChI is InChI=1S/C20H24F4N2O/c21-17-5-4-15(10-16(17)20(22,23)24)11-25-9-7-19(13-25)6-1-8-26(18(19)27)12-14-2-3-14/h4-5,10,14H,1-3,6-9,11-13H2/t19-/m0/s1. The molecule has 3 nitrogen and oxygen atoms in total. The SMILES string of the molecule is O=C1N(CC2CC2)CCC[C@@]12CCN(Cc1ccc(F)c(C(F)(F)F)c1)C2. The number of likely N-dealkylation sites (tertiary alicyclic amines) is 2. The van der Waals surface area contributed by atoms with E-state index in [4.69, 9.17) is 0 Å². The summed E-state index contributed by atoms with van der Waals surface area (Å²) in [7, 11) is 0. The summed E-state index contributed by atoms with van der Waals surface area (Å²) in [5.74, 6) is -0.373. The summed E-state index contributed by atoms with van der Waals surface area (Å²) in [6, 6.07) is 3.17. The second-order valence-corrected chi connectivity index (χ2v) is 8.35. The molecule has 27 heavy (non-hydrogen) atoms. The minimum atomic E-state index is -4.70. The molecule has 1 aliphatic carbocycles. The molecule has 2 aliphatic heterocycles. The van der Waals surface area contributed by atoms with Crippen LogP contribution >= 0.6 is 0 Å². The number of carbonyl (C=O) groups excluding carboxylic acids is 1. The van der Waals surface area contributed by atoms with Crippen molar-refractivity contribution in [3.63, 3.8) is 0 Å². The van der Waals surface area contributed by atoms with E-state index in [-0.39, 0.29) is 11.3 Å². The zero-order valence-electron chi connectivity index (χ0n) is 15.2. The number of alkyl halides is 3. The highest BCUT2D eigenvalue weighted by Gasteiger charge is 2.48. The van der Waals surface area contributed by atoms with E-state index in [9.17, 15) is 22.4 Å². The van der Waals surface area contributed by atoms with Crippen LogP contribution in [0, 0.1) is 17.2 Å². The van der Waals surface area contributed by atoms with Gasteiger partial charge in [0.1, 0.15) is 5.82 Å². The van der Waals surface area contributed by atoms with Crippen LogP contribution < -0.4 is 0 Å². The van der Waals surface area contributed by atoms with Crippen LogP contribution in [0.15, 0.2) is 18.2 Å². The van der Waals surface area contributed by atoms with Crippen LogP contribution in [-0.2, 0) is 17.5 Å². The summed E-state index contributed by atoms with van der Waals surface area (Å²) >= 11 is 0. The molecule has 0 radical (unpaired) electrons. The highest BCUT2D eigenvalue weighted by Crippen LogP contribution is 2.42. The van der Waals surface area contributed by atoms with Crippen molar-refractivity contribution in [3.8, 4) is 0 Å². The van der Waals surface area contributed by atoms with Gasteiger partial charge in [0.05, 0.1) is 11.0 Å². The summed E-state index contributed by atoms with van der Waals surface area (Å²) in [5.41, 5.74) is -1.18. The van der Waals surface area contributed by atoms with Gasteiger partial charge in [-0.25, -0.2) is 4.39 Å². The Hall–Kier alpha value is -1.63. The molecule has 0 N–H and O–H groups in total. The molecule has 148 valence electrons. The Morgan fingerprint density at radius 2 is 1.93 bits per heavy atom. The van der Waals surface area contributed by atoms with Crippen molar-refractivity contribution in [1.82, 2.24) is 9.80 Å². The second kappa shape index (κ2) is 6.76. The van der Waals surface area contributed by atoms with E-state index >= 15 is 0 Å². The van der Waals surface area contributed by atoms with Gasteiger partial charge in [-0.05, 0) is 62.3 Å². The number of amides is 1. The van der Waals surface area contributed by atoms with E-state index in [0.717, 1.165) is 44.5 Å². The van der Waals surface area contributed by atoms with Gasteiger partial charge in [0.25, 0.3) is 0 Å². The van der Waals surface area contributed by atoms with Crippen LogP contribution in [0.4, 0.5) is 17.6 Å². The smallest absolute Gasteiger partial charge is 0.342 e. The van der Waals surface area contributed by atoms with Gasteiger partial charge in [-0.1, -0.05) is 6.07 Å². The average Bonchev–Trinajstić information content (AvgIpc) is 3.33. The largest absolute Gasteiger partial charge is 0.419 e. The molecule has 1 aromatic carbocycles. The summed E-state index contributed by atoms with van der Waals surface area (Å²) in [6.45, 7) is 3.24. The first kappa shape index (κ1) is 18.7. The predicted molar refractivity (Wildman–Crippen MR) is 92.3 cm³/mol. The van der Waals surface area contributed by atoms with E-state index in [1.54, 1.807) is 0 Å². The third-order valence-corrected chi connectivity index (χ3v) is 6.17. The quantitative estimate of drug-likeness (QED) is 0.731. The van der Waals surface area contributed by atoms with E-state index in [2.05, 4.69) is 0 Å². The zero-order valence-corrected chi connectivity index (χ0v) is 15.2. The van der Waals surface area contributed by atoms with Gasteiger partial charge in [0, 0.05) is 26.2 Å². The molecule has 1 amide bonds. The van der Waals surface area contributed by atoms with Crippen LogP contribution in [0.25, 0.3) is 0 Å². The summed E-state index contributed by atoms with van der Waals surface area (Å²) in [6.07, 6.45) is 0.293. The van der Waals surface area contributed by atoms with Gasteiger partial charge in [-0.3, -0.25) is 9.69 Å². The molecule has 0 bridgehead atoms. The van der Waals surface area contributed by atoms with Crippen LogP contribution in [0.2, 0.25) is 0 Å². The fourth-order valence-corrected chi connectivity index (χ4v) is 4.56. The lowest BCUT2D eigenvalue weighted by atomic mass is 9.78. The third-order valence-electron chi connectivity index (χ3n) is 6.17. The van der Waals surface area contributed by atoms with Crippen LogP contribution in [0.1, 0.15) is 43.2 Å².